The first-order valence-corrected chi connectivity index (χ1v) is 9.80. The van der Waals surface area contributed by atoms with Gasteiger partial charge in [-0.25, -0.2) is 0 Å². The molecule has 0 bridgehead atoms. The van der Waals surface area contributed by atoms with Gasteiger partial charge in [-0.2, -0.15) is 0 Å². The van der Waals surface area contributed by atoms with Crippen molar-refractivity contribution < 1.29 is 4.79 Å². The van der Waals surface area contributed by atoms with Crippen LogP contribution in [0.2, 0.25) is 0 Å². The molecule has 2 aliphatic heterocycles. The van der Waals surface area contributed by atoms with Gasteiger partial charge in [0.1, 0.15) is 5.84 Å². The molecule has 138 valence electrons. The Hall–Kier alpha value is -2.04. The lowest BCUT2D eigenvalue weighted by Crippen LogP contribution is -2.46. The minimum absolute atomic E-state index is 0.00813. The van der Waals surface area contributed by atoms with E-state index in [2.05, 4.69) is 44.3 Å². The number of hydrogen-bond donors (Lipinski definition) is 0. The molecule has 5 heteroatoms. The van der Waals surface area contributed by atoms with Crippen molar-refractivity contribution in [3.8, 4) is 0 Å². The summed E-state index contributed by atoms with van der Waals surface area (Å²) in [6, 6.07) is 6.46. The maximum Gasteiger partial charge on any atom is 0.252 e. The Bertz CT molecular complexity index is 787. The minimum Gasteiger partial charge on any atom is -0.272 e. The van der Waals surface area contributed by atoms with Crippen molar-refractivity contribution in [3.63, 3.8) is 0 Å². The zero-order chi connectivity index (χ0) is 18.5. The summed E-state index contributed by atoms with van der Waals surface area (Å²) in [5, 5.41) is 4.12. The third-order valence-corrected chi connectivity index (χ3v) is 6.99. The van der Waals surface area contributed by atoms with Crippen molar-refractivity contribution >= 4 is 11.7 Å². The van der Waals surface area contributed by atoms with Crippen LogP contribution in [0.25, 0.3) is 0 Å². The van der Waals surface area contributed by atoms with Crippen molar-refractivity contribution in [1.82, 2.24) is 5.01 Å². The number of nitroso groups, excluding NO2 is 1. The third-order valence-electron chi connectivity index (χ3n) is 6.99. The van der Waals surface area contributed by atoms with E-state index in [1.807, 2.05) is 0 Å². The summed E-state index contributed by atoms with van der Waals surface area (Å²) >= 11 is 0. The Labute approximate surface area is 154 Å². The number of aliphatic imine (C=N–C) groups is 1. The molecule has 4 atom stereocenters. The van der Waals surface area contributed by atoms with Gasteiger partial charge in [0.05, 0.1) is 11.3 Å². The van der Waals surface area contributed by atoms with E-state index in [4.69, 9.17) is 4.99 Å². The molecule has 0 N–H and O–H groups in total. The maximum atomic E-state index is 12.5. The van der Waals surface area contributed by atoms with Gasteiger partial charge in [-0.05, 0) is 62.5 Å². The second-order valence-electron chi connectivity index (χ2n) is 8.43. The molecular weight excluding hydrogens is 326 g/mol. The quantitative estimate of drug-likeness (QED) is 0.728. The molecule has 0 aromatic heterocycles. The fourth-order valence-corrected chi connectivity index (χ4v) is 5.44. The third kappa shape index (κ3) is 2.51. The number of amides is 1. The molecule has 26 heavy (non-hydrogen) atoms. The monoisotopic (exact) mass is 353 g/mol. The van der Waals surface area contributed by atoms with Gasteiger partial charge in [-0.1, -0.05) is 37.1 Å². The van der Waals surface area contributed by atoms with E-state index in [-0.39, 0.29) is 17.4 Å². The van der Waals surface area contributed by atoms with Gasteiger partial charge < -0.3 is 0 Å². The molecule has 4 unspecified atom stereocenters. The van der Waals surface area contributed by atoms with Crippen LogP contribution in [0, 0.1) is 36.0 Å². The molecule has 0 radical (unpaired) electrons. The van der Waals surface area contributed by atoms with Crippen molar-refractivity contribution in [2.45, 2.75) is 65.3 Å². The molecule has 1 aliphatic carbocycles. The Balaban J connectivity index is 1.81. The largest absolute Gasteiger partial charge is 0.272 e. The fraction of sp³-hybridized carbons (Fsp3) is 0.619. The van der Waals surface area contributed by atoms with Crippen LogP contribution in [0.1, 0.15) is 68.2 Å². The average Bonchev–Trinajstić information content (AvgIpc) is 2.92. The Kier molecular flexibility index (Phi) is 4.20. The first-order valence-electron chi connectivity index (χ1n) is 9.80. The van der Waals surface area contributed by atoms with E-state index in [1.54, 1.807) is 0 Å². The highest BCUT2D eigenvalue weighted by molar-refractivity contribution is 6.09. The van der Waals surface area contributed by atoms with Crippen LogP contribution in [0.5, 0.6) is 0 Å². The van der Waals surface area contributed by atoms with Gasteiger partial charge in [-0.15, -0.1) is 9.92 Å². The Morgan fingerprint density at radius 3 is 2.85 bits per heavy atom. The smallest absolute Gasteiger partial charge is 0.252 e. The molecule has 1 amide bonds. The van der Waals surface area contributed by atoms with E-state index >= 15 is 0 Å². The van der Waals surface area contributed by atoms with Gasteiger partial charge in [0.2, 0.25) is 0 Å². The highest BCUT2D eigenvalue weighted by Crippen LogP contribution is 2.57. The summed E-state index contributed by atoms with van der Waals surface area (Å²) in [5.74, 6) is 1.57. The van der Waals surface area contributed by atoms with Crippen LogP contribution in [0.3, 0.4) is 0 Å². The SMILES string of the molecule is CCC1CCC23CC(=O)N(N=O)C2=NC(c2cc(C)ccc2C)CC3C1. The molecule has 4 rings (SSSR count). The first-order chi connectivity index (χ1) is 12.5. The first kappa shape index (κ1) is 17.4. The molecule has 1 aromatic rings. The van der Waals surface area contributed by atoms with Crippen LogP contribution in [0.15, 0.2) is 28.5 Å². The van der Waals surface area contributed by atoms with Crippen LogP contribution in [-0.2, 0) is 4.79 Å². The number of nitrogens with zero attached hydrogens (tertiary/aromatic N) is 3. The number of rotatable bonds is 3. The molecule has 1 saturated heterocycles. The van der Waals surface area contributed by atoms with Gasteiger partial charge in [-0.3, -0.25) is 9.79 Å². The van der Waals surface area contributed by atoms with Crippen molar-refractivity contribution in [1.29, 1.82) is 0 Å². The van der Waals surface area contributed by atoms with Gasteiger partial charge in [0, 0.05) is 11.8 Å². The van der Waals surface area contributed by atoms with Crippen molar-refractivity contribution in [2.24, 2.45) is 27.5 Å². The van der Waals surface area contributed by atoms with E-state index in [1.165, 1.54) is 23.1 Å². The van der Waals surface area contributed by atoms with Crippen LogP contribution in [-0.4, -0.2) is 16.8 Å². The molecule has 1 spiro atoms. The fourth-order valence-electron chi connectivity index (χ4n) is 5.44. The second kappa shape index (κ2) is 6.29. The van der Waals surface area contributed by atoms with E-state index < -0.39 is 0 Å². The number of aryl methyl sites for hydroxylation is 2. The number of carbonyl (C=O) groups excluding carboxylic acids is 1. The molecule has 2 fully saturated rings. The normalized spacial score (nSPS) is 33.5. The van der Waals surface area contributed by atoms with Crippen molar-refractivity contribution in [2.75, 3.05) is 0 Å². The Morgan fingerprint density at radius 1 is 1.31 bits per heavy atom. The standard InChI is InChI=1S/C21H27N3O2/c1-4-15-7-8-21-12-19(25)24(23-26)20(21)22-18(11-16(21)10-15)17-9-13(2)5-6-14(17)3/h5-6,9,15-16,18H,4,7-8,10-12H2,1-3H3. The molecule has 2 heterocycles. The van der Waals surface area contributed by atoms with E-state index in [9.17, 15) is 9.70 Å². The average molecular weight is 353 g/mol. The molecular formula is C21H27N3O2. The number of carbonyl (C=O) groups is 1. The van der Waals surface area contributed by atoms with Crippen LogP contribution < -0.4 is 0 Å². The summed E-state index contributed by atoms with van der Waals surface area (Å²) in [6.07, 6.45) is 5.72. The lowest BCUT2D eigenvalue weighted by molar-refractivity contribution is -0.126. The highest BCUT2D eigenvalue weighted by atomic mass is 16.3. The van der Waals surface area contributed by atoms with Gasteiger partial charge in [0.25, 0.3) is 5.91 Å². The number of hydrogen-bond acceptors (Lipinski definition) is 4. The topological polar surface area (TPSA) is 62.1 Å². The lowest BCUT2D eigenvalue weighted by Gasteiger charge is -2.47. The Morgan fingerprint density at radius 2 is 2.12 bits per heavy atom. The predicted molar refractivity (Wildman–Crippen MR) is 102 cm³/mol. The zero-order valence-corrected chi connectivity index (χ0v) is 15.9. The van der Waals surface area contributed by atoms with E-state index in [0.29, 0.717) is 24.1 Å². The van der Waals surface area contributed by atoms with Crippen LogP contribution >= 0.6 is 0 Å². The lowest BCUT2D eigenvalue weighted by atomic mass is 9.58. The highest BCUT2D eigenvalue weighted by Gasteiger charge is 2.58. The summed E-state index contributed by atoms with van der Waals surface area (Å²) in [5.41, 5.74) is 3.39. The van der Waals surface area contributed by atoms with Crippen molar-refractivity contribution in [3.05, 3.63) is 39.8 Å². The summed E-state index contributed by atoms with van der Waals surface area (Å²) < 4.78 is 0. The summed E-state index contributed by atoms with van der Waals surface area (Å²) in [7, 11) is 0. The number of benzene rings is 1. The zero-order valence-electron chi connectivity index (χ0n) is 15.9. The molecule has 1 aromatic carbocycles. The second-order valence-corrected chi connectivity index (χ2v) is 8.43. The van der Waals surface area contributed by atoms with Gasteiger partial charge >= 0.3 is 0 Å². The summed E-state index contributed by atoms with van der Waals surface area (Å²) in [6.45, 7) is 6.46. The van der Waals surface area contributed by atoms with Gasteiger partial charge in [0.15, 0.2) is 0 Å². The maximum absolute atomic E-state index is 12.5. The molecule has 1 saturated carbocycles. The predicted octanol–water partition coefficient (Wildman–Crippen LogP) is 4.87. The molecule has 3 aliphatic rings. The van der Waals surface area contributed by atoms with Crippen LogP contribution in [0.4, 0.5) is 0 Å². The molecule has 5 nitrogen and oxygen atoms in total. The minimum atomic E-state index is -0.259. The number of amidine groups is 1. The summed E-state index contributed by atoms with van der Waals surface area (Å²) in [4.78, 5) is 28.9. The van der Waals surface area contributed by atoms with E-state index in [0.717, 1.165) is 30.7 Å².